The second-order valence-electron chi connectivity index (χ2n) is 2.91. The molecule has 2 N–H and O–H groups in total. The number of carbonyl (C=O) groups is 1. The molecule has 0 bridgehead atoms. The summed E-state index contributed by atoms with van der Waals surface area (Å²) in [5, 5.41) is 8.83. The molecule has 0 spiro atoms. The van der Waals surface area contributed by atoms with Crippen LogP contribution in [-0.2, 0) is 0 Å². The number of anilines is 1. The molecule has 2 aromatic rings. The minimum absolute atomic E-state index is 0.0484. The molecule has 7 nitrogen and oxygen atoms in total. The highest BCUT2D eigenvalue weighted by molar-refractivity contribution is 6.28. The van der Waals surface area contributed by atoms with Crippen LogP contribution in [0.2, 0.25) is 5.28 Å². The summed E-state index contributed by atoms with van der Waals surface area (Å²) in [6, 6.07) is 1.52. The predicted octanol–water partition coefficient (Wildman–Crippen LogP) is 0.809. The molecular formula is C8H7ClN6O. The first-order valence-electron chi connectivity index (χ1n) is 4.34. The van der Waals surface area contributed by atoms with E-state index in [2.05, 4.69) is 30.5 Å². The van der Waals surface area contributed by atoms with Crippen LogP contribution in [0.1, 0.15) is 16.4 Å². The van der Waals surface area contributed by atoms with Gasteiger partial charge in [-0.2, -0.15) is 0 Å². The lowest BCUT2D eigenvalue weighted by Crippen LogP contribution is -2.14. The second kappa shape index (κ2) is 4.23. The quantitative estimate of drug-likeness (QED) is 0.755. The van der Waals surface area contributed by atoms with Crippen molar-refractivity contribution in [1.29, 1.82) is 0 Å². The molecule has 0 atom stereocenters. The van der Waals surface area contributed by atoms with Gasteiger partial charge in [0.05, 0.1) is 0 Å². The zero-order chi connectivity index (χ0) is 11.5. The van der Waals surface area contributed by atoms with E-state index in [1.54, 1.807) is 6.92 Å². The van der Waals surface area contributed by atoms with E-state index in [9.17, 15) is 4.79 Å². The van der Waals surface area contributed by atoms with E-state index in [1.165, 1.54) is 12.3 Å². The molecule has 0 unspecified atom stereocenters. The lowest BCUT2D eigenvalue weighted by molar-refractivity contribution is 0.101. The van der Waals surface area contributed by atoms with Crippen molar-refractivity contribution in [3.63, 3.8) is 0 Å². The first-order chi connectivity index (χ1) is 7.65. The van der Waals surface area contributed by atoms with E-state index in [4.69, 9.17) is 11.6 Å². The molecule has 0 aromatic carbocycles. The van der Waals surface area contributed by atoms with Gasteiger partial charge >= 0.3 is 0 Å². The molecule has 0 aliphatic carbocycles. The number of aryl methyl sites for hydroxylation is 1. The average Bonchev–Trinajstić information content (AvgIpc) is 2.65. The van der Waals surface area contributed by atoms with Gasteiger partial charge in [0.15, 0.2) is 0 Å². The summed E-state index contributed by atoms with van der Waals surface area (Å²) in [6.07, 6.45) is 1.44. The monoisotopic (exact) mass is 238 g/mol. The number of carbonyl (C=O) groups excluding carboxylic acids is 1. The highest BCUT2D eigenvalue weighted by atomic mass is 35.5. The van der Waals surface area contributed by atoms with Crippen molar-refractivity contribution in [2.24, 2.45) is 0 Å². The summed E-state index contributed by atoms with van der Waals surface area (Å²) in [5.41, 5.74) is 0. The molecule has 16 heavy (non-hydrogen) atoms. The molecule has 8 heteroatoms. The first-order valence-corrected chi connectivity index (χ1v) is 4.72. The fraction of sp³-hybridized carbons (Fsp3) is 0.125. The maximum absolute atomic E-state index is 11.6. The number of hydrogen-bond donors (Lipinski definition) is 2. The molecule has 0 aliphatic rings. The molecule has 0 radical (unpaired) electrons. The summed E-state index contributed by atoms with van der Waals surface area (Å²) in [6.45, 7) is 1.70. The van der Waals surface area contributed by atoms with Gasteiger partial charge in [-0.15, -0.1) is 5.10 Å². The Bertz CT molecular complexity index is 525. The third-order valence-electron chi connectivity index (χ3n) is 1.67. The largest absolute Gasteiger partial charge is 0.304 e. The van der Waals surface area contributed by atoms with Gasteiger partial charge in [0, 0.05) is 6.20 Å². The molecule has 82 valence electrons. The third-order valence-corrected chi connectivity index (χ3v) is 1.85. The second-order valence-corrected chi connectivity index (χ2v) is 3.25. The maximum Gasteiger partial charge on any atom is 0.296 e. The summed E-state index contributed by atoms with van der Waals surface area (Å²) in [4.78, 5) is 22.9. The van der Waals surface area contributed by atoms with Gasteiger partial charge in [0.25, 0.3) is 5.91 Å². The van der Waals surface area contributed by atoms with Crippen LogP contribution in [0, 0.1) is 6.92 Å². The Labute approximate surface area is 95.3 Å². The SMILES string of the molecule is Cc1nc(C(=O)Nc2ccnc(Cl)n2)n[nH]1. The van der Waals surface area contributed by atoms with E-state index in [-0.39, 0.29) is 11.1 Å². The van der Waals surface area contributed by atoms with Gasteiger partial charge in [-0.3, -0.25) is 9.89 Å². The van der Waals surface area contributed by atoms with Crippen LogP contribution in [0.5, 0.6) is 0 Å². The zero-order valence-electron chi connectivity index (χ0n) is 8.23. The van der Waals surface area contributed by atoms with Gasteiger partial charge in [-0.05, 0) is 24.6 Å². The third kappa shape index (κ3) is 2.31. The van der Waals surface area contributed by atoms with E-state index in [1.807, 2.05) is 0 Å². The standard InChI is InChI=1S/C8H7ClN6O/c1-4-11-6(15-14-4)7(16)12-5-2-3-10-8(9)13-5/h2-3H,1H3,(H,11,14,15)(H,10,12,13,16). The van der Waals surface area contributed by atoms with E-state index < -0.39 is 5.91 Å². The summed E-state index contributed by atoms with van der Waals surface area (Å²) >= 11 is 5.57. The predicted molar refractivity (Wildman–Crippen MR) is 56.1 cm³/mol. The number of amides is 1. The van der Waals surface area contributed by atoms with Gasteiger partial charge in [-0.1, -0.05) is 0 Å². The van der Waals surface area contributed by atoms with Crippen molar-refractivity contribution in [2.75, 3.05) is 5.32 Å². The average molecular weight is 239 g/mol. The molecule has 1 amide bonds. The molecule has 0 saturated heterocycles. The summed E-state index contributed by atoms with van der Waals surface area (Å²) < 4.78 is 0. The van der Waals surface area contributed by atoms with Crippen LogP contribution >= 0.6 is 11.6 Å². The Kier molecular flexibility index (Phi) is 2.78. The summed E-state index contributed by atoms with van der Waals surface area (Å²) in [5.74, 6) is 0.449. The van der Waals surface area contributed by atoms with Crippen LogP contribution < -0.4 is 5.32 Å². The molecular weight excluding hydrogens is 232 g/mol. The van der Waals surface area contributed by atoms with Crippen LogP contribution in [0.3, 0.4) is 0 Å². The smallest absolute Gasteiger partial charge is 0.296 e. The van der Waals surface area contributed by atoms with Crippen molar-refractivity contribution < 1.29 is 4.79 Å². The summed E-state index contributed by atoms with van der Waals surface area (Å²) in [7, 11) is 0. The highest BCUT2D eigenvalue weighted by Gasteiger charge is 2.11. The lowest BCUT2D eigenvalue weighted by Gasteiger charge is -2.00. The number of aromatic amines is 1. The van der Waals surface area contributed by atoms with Gasteiger partial charge in [-0.25, -0.2) is 15.0 Å². The minimum Gasteiger partial charge on any atom is -0.304 e. The topological polar surface area (TPSA) is 96.5 Å². The van der Waals surface area contributed by atoms with Crippen molar-refractivity contribution in [1.82, 2.24) is 25.1 Å². The number of hydrogen-bond acceptors (Lipinski definition) is 5. The van der Waals surface area contributed by atoms with Gasteiger partial charge in [0.2, 0.25) is 11.1 Å². The van der Waals surface area contributed by atoms with Crippen LogP contribution in [0.25, 0.3) is 0 Å². The molecule has 2 rings (SSSR count). The van der Waals surface area contributed by atoms with Crippen molar-refractivity contribution in [3.05, 3.63) is 29.2 Å². The zero-order valence-corrected chi connectivity index (χ0v) is 8.99. The van der Waals surface area contributed by atoms with E-state index in [0.717, 1.165) is 0 Å². The van der Waals surface area contributed by atoms with Crippen LogP contribution in [-0.4, -0.2) is 31.1 Å². The molecule has 0 fully saturated rings. The Morgan fingerprint density at radius 2 is 2.31 bits per heavy atom. The van der Waals surface area contributed by atoms with E-state index >= 15 is 0 Å². The minimum atomic E-state index is -0.459. The fourth-order valence-electron chi connectivity index (χ4n) is 1.02. The highest BCUT2D eigenvalue weighted by Crippen LogP contribution is 2.06. The van der Waals surface area contributed by atoms with Gasteiger partial charge < -0.3 is 5.32 Å². The van der Waals surface area contributed by atoms with Gasteiger partial charge in [0.1, 0.15) is 11.6 Å². The number of H-pyrrole nitrogens is 1. The van der Waals surface area contributed by atoms with Crippen molar-refractivity contribution >= 4 is 23.3 Å². The molecule has 0 saturated carbocycles. The number of nitrogens with zero attached hydrogens (tertiary/aromatic N) is 4. The fourth-order valence-corrected chi connectivity index (χ4v) is 1.17. The van der Waals surface area contributed by atoms with E-state index in [0.29, 0.717) is 11.6 Å². The first kappa shape index (κ1) is 10.5. The number of nitrogens with one attached hydrogen (secondary N) is 2. The number of halogens is 1. The Morgan fingerprint density at radius 3 is 2.94 bits per heavy atom. The Morgan fingerprint density at radius 1 is 1.50 bits per heavy atom. The maximum atomic E-state index is 11.6. The molecule has 2 aromatic heterocycles. The molecule has 0 aliphatic heterocycles. The van der Waals surface area contributed by atoms with Crippen molar-refractivity contribution in [3.8, 4) is 0 Å². The lowest BCUT2D eigenvalue weighted by atomic mass is 10.5. The van der Waals surface area contributed by atoms with Crippen LogP contribution in [0.4, 0.5) is 5.82 Å². The Balaban J connectivity index is 2.13. The number of rotatable bonds is 2. The van der Waals surface area contributed by atoms with Crippen molar-refractivity contribution in [2.45, 2.75) is 6.92 Å². The Hall–Kier alpha value is -2.02. The molecule has 2 heterocycles. The number of aromatic nitrogens is 5. The normalized spacial score (nSPS) is 10.1. The van der Waals surface area contributed by atoms with Crippen LogP contribution in [0.15, 0.2) is 12.3 Å².